The minimum Gasteiger partial charge on any atom is -0.462 e. The maximum atomic E-state index is 10.9. The molecule has 0 aromatic heterocycles. The van der Waals surface area contributed by atoms with Gasteiger partial charge >= 0.3 is 5.97 Å². The molecule has 0 bridgehead atoms. The Morgan fingerprint density at radius 1 is 1.67 bits per heavy atom. The van der Waals surface area contributed by atoms with Crippen molar-refractivity contribution in [1.82, 2.24) is 0 Å². The van der Waals surface area contributed by atoms with Gasteiger partial charge in [0.2, 0.25) is 0 Å². The minimum absolute atomic E-state index is 0.128. The summed E-state index contributed by atoms with van der Waals surface area (Å²) >= 11 is 0. The molecule has 0 amide bonds. The van der Waals surface area contributed by atoms with Gasteiger partial charge in [0.25, 0.3) is 0 Å². The van der Waals surface area contributed by atoms with Crippen molar-refractivity contribution in [3.8, 4) is 0 Å². The number of hydrogen-bond donors (Lipinski definition) is 1. The summed E-state index contributed by atoms with van der Waals surface area (Å²) < 4.78 is 5.12. The Kier molecular flexibility index (Phi) is 2.42. The van der Waals surface area contributed by atoms with Crippen molar-refractivity contribution >= 4 is 5.97 Å². The maximum Gasteiger partial charge on any atom is 0.308 e. The van der Waals surface area contributed by atoms with E-state index in [9.17, 15) is 9.90 Å². The van der Waals surface area contributed by atoms with Gasteiger partial charge in [-0.05, 0) is 6.42 Å². The first kappa shape index (κ1) is 9.52. The number of esters is 1. The van der Waals surface area contributed by atoms with Crippen molar-refractivity contribution in [1.29, 1.82) is 0 Å². The highest BCUT2D eigenvalue weighted by molar-refractivity contribution is 5.71. The zero-order valence-electron chi connectivity index (χ0n) is 7.83. The van der Waals surface area contributed by atoms with Crippen molar-refractivity contribution in [3.05, 3.63) is 0 Å². The van der Waals surface area contributed by atoms with Gasteiger partial charge in [-0.25, -0.2) is 0 Å². The highest BCUT2D eigenvalue weighted by Crippen LogP contribution is 2.35. The Morgan fingerprint density at radius 3 is 2.75 bits per heavy atom. The highest BCUT2D eigenvalue weighted by Gasteiger charge is 2.43. The highest BCUT2D eigenvalue weighted by atomic mass is 16.5. The molecule has 12 heavy (non-hydrogen) atoms. The molecule has 0 radical (unpaired) electrons. The number of rotatable bonds is 1. The van der Waals surface area contributed by atoms with E-state index < -0.39 is 6.10 Å². The number of aliphatic hydroxyl groups is 1. The molecule has 1 fully saturated rings. The molecule has 1 N–H and O–H groups in total. The van der Waals surface area contributed by atoms with Gasteiger partial charge in [-0.3, -0.25) is 4.79 Å². The zero-order chi connectivity index (χ0) is 9.35. The largest absolute Gasteiger partial charge is 0.462 e. The predicted molar refractivity (Wildman–Crippen MR) is 44.6 cm³/mol. The number of carbonyl (C=O) groups is 1. The Balaban J connectivity index is 2.77. The number of ether oxygens (including phenoxy) is 1. The van der Waals surface area contributed by atoms with Crippen molar-refractivity contribution in [2.75, 3.05) is 0 Å². The lowest BCUT2D eigenvalue weighted by atomic mass is 9.76. The first-order valence-corrected chi connectivity index (χ1v) is 4.36. The van der Waals surface area contributed by atoms with Crippen molar-refractivity contribution in [3.63, 3.8) is 0 Å². The number of aliphatic hydroxyl groups excluding tert-OH is 1. The molecule has 0 spiro atoms. The molecule has 2 atom stereocenters. The Labute approximate surface area is 72.7 Å². The van der Waals surface area contributed by atoms with Gasteiger partial charge in [0, 0.05) is 5.41 Å². The van der Waals surface area contributed by atoms with Crippen LogP contribution in [0.5, 0.6) is 0 Å². The molecule has 1 aliphatic heterocycles. The minimum atomic E-state index is -0.566. The SMILES string of the molecule is CCC1OC(=O)CC(O)C1(C)C. The molecule has 1 heterocycles. The summed E-state index contributed by atoms with van der Waals surface area (Å²) in [5.41, 5.74) is -0.303. The van der Waals surface area contributed by atoms with Crippen LogP contribution < -0.4 is 0 Å². The van der Waals surface area contributed by atoms with Crippen LogP contribution in [0.3, 0.4) is 0 Å². The summed E-state index contributed by atoms with van der Waals surface area (Å²) in [6, 6.07) is 0. The second-order valence-corrected chi connectivity index (χ2v) is 3.93. The average molecular weight is 172 g/mol. The standard InChI is InChI=1S/C9H16O3/c1-4-7-9(2,3)6(10)5-8(11)12-7/h6-7,10H,4-5H2,1-3H3. The molecular formula is C9H16O3. The van der Waals surface area contributed by atoms with Crippen LogP contribution in [0.4, 0.5) is 0 Å². The molecular weight excluding hydrogens is 156 g/mol. The van der Waals surface area contributed by atoms with E-state index in [4.69, 9.17) is 4.74 Å². The lowest BCUT2D eigenvalue weighted by Crippen LogP contribution is -2.48. The molecule has 1 saturated heterocycles. The van der Waals surface area contributed by atoms with Crippen LogP contribution >= 0.6 is 0 Å². The molecule has 0 saturated carbocycles. The predicted octanol–water partition coefficient (Wildman–Crippen LogP) is 1.10. The van der Waals surface area contributed by atoms with Crippen LogP contribution in [0.25, 0.3) is 0 Å². The summed E-state index contributed by atoms with van der Waals surface area (Å²) in [4.78, 5) is 10.9. The van der Waals surface area contributed by atoms with Crippen LogP contribution in [-0.2, 0) is 9.53 Å². The smallest absolute Gasteiger partial charge is 0.308 e. The molecule has 0 aromatic carbocycles. The lowest BCUT2D eigenvalue weighted by Gasteiger charge is -2.40. The quantitative estimate of drug-likeness (QED) is 0.602. The molecule has 3 nitrogen and oxygen atoms in total. The van der Waals surface area contributed by atoms with Gasteiger partial charge in [-0.2, -0.15) is 0 Å². The van der Waals surface area contributed by atoms with E-state index >= 15 is 0 Å². The second-order valence-electron chi connectivity index (χ2n) is 3.93. The Hall–Kier alpha value is -0.570. The first-order chi connectivity index (χ1) is 5.48. The van der Waals surface area contributed by atoms with Crippen molar-refractivity contribution in [2.45, 2.75) is 45.8 Å². The summed E-state index contributed by atoms with van der Waals surface area (Å²) in [6.07, 6.45) is 0.177. The molecule has 2 unspecified atom stereocenters. The summed E-state index contributed by atoms with van der Waals surface area (Å²) in [5.74, 6) is -0.284. The molecule has 0 aliphatic carbocycles. The van der Waals surface area contributed by atoms with Gasteiger partial charge in [-0.1, -0.05) is 20.8 Å². The normalized spacial score (nSPS) is 34.5. The van der Waals surface area contributed by atoms with E-state index in [1.165, 1.54) is 0 Å². The topological polar surface area (TPSA) is 46.5 Å². The third kappa shape index (κ3) is 1.46. The van der Waals surface area contributed by atoms with Crippen LogP contribution in [0.15, 0.2) is 0 Å². The van der Waals surface area contributed by atoms with E-state index in [0.717, 1.165) is 6.42 Å². The van der Waals surface area contributed by atoms with Crippen molar-refractivity contribution < 1.29 is 14.6 Å². The summed E-state index contributed by atoms with van der Waals surface area (Å²) in [7, 11) is 0. The van der Waals surface area contributed by atoms with Crippen LogP contribution in [0.1, 0.15) is 33.6 Å². The van der Waals surface area contributed by atoms with Gasteiger partial charge in [0.1, 0.15) is 6.10 Å². The van der Waals surface area contributed by atoms with Crippen LogP contribution in [0.2, 0.25) is 0 Å². The maximum absolute atomic E-state index is 10.9. The third-order valence-corrected chi connectivity index (χ3v) is 2.69. The van der Waals surface area contributed by atoms with E-state index in [2.05, 4.69) is 0 Å². The third-order valence-electron chi connectivity index (χ3n) is 2.69. The molecule has 0 aromatic rings. The molecule has 1 aliphatic rings. The monoisotopic (exact) mass is 172 g/mol. The fourth-order valence-electron chi connectivity index (χ4n) is 1.60. The molecule has 1 rings (SSSR count). The lowest BCUT2D eigenvalue weighted by molar-refractivity contribution is -0.180. The van der Waals surface area contributed by atoms with Gasteiger partial charge < -0.3 is 9.84 Å². The summed E-state index contributed by atoms with van der Waals surface area (Å²) in [6.45, 7) is 5.81. The number of carbonyl (C=O) groups excluding carboxylic acids is 1. The Morgan fingerprint density at radius 2 is 2.25 bits per heavy atom. The molecule has 3 heteroatoms. The van der Waals surface area contributed by atoms with Gasteiger partial charge in [0.05, 0.1) is 12.5 Å². The first-order valence-electron chi connectivity index (χ1n) is 4.36. The zero-order valence-corrected chi connectivity index (χ0v) is 7.83. The van der Waals surface area contributed by atoms with E-state index in [0.29, 0.717) is 0 Å². The average Bonchev–Trinajstić information content (AvgIpc) is 1.97. The van der Waals surface area contributed by atoms with E-state index in [1.54, 1.807) is 0 Å². The van der Waals surface area contributed by atoms with E-state index in [1.807, 2.05) is 20.8 Å². The van der Waals surface area contributed by atoms with Crippen LogP contribution in [0, 0.1) is 5.41 Å². The fourth-order valence-corrected chi connectivity index (χ4v) is 1.60. The fraction of sp³-hybridized carbons (Fsp3) is 0.889. The van der Waals surface area contributed by atoms with Crippen molar-refractivity contribution in [2.24, 2.45) is 5.41 Å². The number of cyclic esters (lactones) is 1. The molecule has 70 valence electrons. The van der Waals surface area contributed by atoms with E-state index in [-0.39, 0.29) is 23.9 Å². The second kappa shape index (κ2) is 3.05. The number of hydrogen-bond acceptors (Lipinski definition) is 3. The Bertz CT molecular complexity index is 186. The van der Waals surface area contributed by atoms with Crippen LogP contribution in [-0.4, -0.2) is 23.3 Å². The van der Waals surface area contributed by atoms with Gasteiger partial charge in [-0.15, -0.1) is 0 Å². The summed E-state index contributed by atoms with van der Waals surface area (Å²) in [5, 5.41) is 9.61. The van der Waals surface area contributed by atoms with Gasteiger partial charge in [0.15, 0.2) is 0 Å².